The van der Waals surface area contributed by atoms with Gasteiger partial charge in [0, 0.05) is 16.9 Å². The molecule has 60 heavy (non-hydrogen) atoms. The van der Waals surface area contributed by atoms with E-state index in [2.05, 4.69) is 249 Å². The first-order valence-electron chi connectivity index (χ1n) is 20.8. The van der Waals surface area contributed by atoms with Gasteiger partial charge < -0.3 is 4.90 Å². The van der Waals surface area contributed by atoms with Crippen LogP contribution in [0.15, 0.2) is 237 Å². The van der Waals surface area contributed by atoms with Crippen LogP contribution in [0.2, 0.25) is 0 Å². The van der Waals surface area contributed by atoms with Crippen LogP contribution in [0.4, 0.5) is 17.1 Å². The second kappa shape index (κ2) is 15.7. The number of allylic oxidation sites excluding steroid dienone is 1. The van der Waals surface area contributed by atoms with Crippen molar-refractivity contribution in [3.8, 4) is 33.4 Å². The lowest BCUT2D eigenvalue weighted by Gasteiger charge is -2.34. The third-order valence-corrected chi connectivity index (χ3v) is 12.3. The van der Waals surface area contributed by atoms with Crippen LogP contribution in [0.1, 0.15) is 38.9 Å². The lowest BCUT2D eigenvalue weighted by Crippen LogP contribution is -2.28. The monoisotopic (exact) mass is 767 g/mol. The highest BCUT2D eigenvalue weighted by molar-refractivity contribution is 5.97. The second-order valence-corrected chi connectivity index (χ2v) is 15.8. The highest BCUT2D eigenvalue weighted by Crippen LogP contribution is 2.59. The number of benzene rings is 9. The van der Waals surface area contributed by atoms with E-state index in [1.165, 1.54) is 72.3 Å². The molecule has 286 valence electrons. The minimum atomic E-state index is -0.494. The van der Waals surface area contributed by atoms with Gasteiger partial charge in [0.2, 0.25) is 0 Å². The van der Waals surface area contributed by atoms with E-state index >= 15 is 0 Å². The average molecular weight is 768 g/mol. The number of nitrogens with zero attached hydrogens (tertiary/aromatic N) is 1. The molecule has 0 amide bonds. The molecule has 0 atom stereocenters. The predicted octanol–water partition coefficient (Wildman–Crippen LogP) is 15.4. The van der Waals surface area contributed by atoms with Gasteiger partial charge in [-0.1, -0.05) is 207 Å². The molecule has 0 bridgehead atoms. The summed E-state index contributed by atoms with van der Waals surface area (Å²) in [5.41, 5.74) is 20.1. The lowest BCUT2D eigenvalue weighted by atomic mass is 9.68. The average Bonchev–Trinajstić information content (AvgIpc) is 3.62. The summed E-state index contributed by atoms with van der Waals surface area (Å²) in [5, 5.41) is 0. The van der Waals surface area contributed by atoms with Gasteiger partial charge in [-0.15, -0.1) is 0 Å². The van der Waals surface area contributed by atoms with Gasteiger partial charge in [0.1, 0.15) is 0 Å². The van der Waals surface area contributed by atoms with Gasteiger partial charge in [-0.25, -0.2) is 0 Å². The van der Waals surface area contributed by atoms with E-state index in [-0.39, 0.29) is 0 Å². The van der Waals surface area contributed by atoms with E-state index in [0.717, 1.165) is 29.1 Å². The van der Waals surface area contributed by atoms with Crippen molar-refractivity contribution in [2.45, 2.75) is 18.8 Å². The molecular formula is C59H45N. The maximum absolute atomic E-state index is 4.64. The molecule has 0 unspecified atom stereocenters. The Bertz CT molecular complexity index is 2910. The standard InChI is InChI=1S/C59H45N/c1-42-19-12-13-26-51(42)53-28-15-14-27-52(53)43(2)41-44-33-37-49(38-34-44)60(50-39-35-46(36-40-50)45-20-6-3-7-21-45)57-32-18-31-56-58(57)54-29-16-17-30-55(54)59(56,47-22-8-4-9-23-47)48-24-10-5-11-25-48/h3-40H,2,41H2,1H3. The van der Waals surface area contributed by atoms with Gasteiger partial charge >= 0.3 is 0 Å². The highest BCUT2D eigenvalue weighted by atomic mass is 15.1. The minimum Gasteiger partial charge on any atom is -0.310 e. The van der Waals surface area contributed by atoms with Gasteiger partial charge in [0.25, 0.3) is 0 Å². The molecule has 0 heterocycles. The lowest BCUT2D eigenvalue weighted by molar-refractivity contribution is 0.768. The topological polar surface area (TPSA) is 3.24 Å². The summed E-state index contributed by atoms with van der Waals surface area (Å²) >= 11 is 0. The Morgan fingerprint density at radius 2 is 0.933 bits per heavy atom. The summed E-state index contributed by atoms with van der Waals surface area (Å²) < 4.78 is 0. The van der Waals surface area contributed by atoms with E-state index in [1.807, 2.05) is 0 Å². The molecule has 0 spiro atoms. The van der Waals surface area contributed by atoms with Crippen molar-refractivity contribution in [3.63, 3.8) is 0 Å². The molecule has 9 aromatic carbocycles. The molecule has 0 aliphatic heterocycles. The molecule has 0 fully saturated rings. The maximum Gasteiger partial charge on any atom is 0.0714 e. The number of rotatable bonds is 10. The van der Waals surface area contributed by atoms with Crippen LogP contribution in [-0.2, 0) is 11.8 Å². The Morgan fingerprint density at radius 1 is 0.433 bits per heavy atom. The van der Waals surface area contributed by atoms with Crippen LogP contribution in [0.25, 0.3) is 39.0 Å². The summed E-state index contributed by atoms with van der Waals surface area (Å²) in [6.07, 6.45) is 0.750. The fourth-order valence-corrected chi connectivity index (χ4v) is 9.53. The van der Waals surface area contributed by atoms with Gasteiger partial charge in [0.05, 0.1) is 11.1 Å². The van der Waals surface area contributed by atoms with Crippen molar-refractivity contribution >= 4 is 22.6 Å². The number of fused-ring (bicyclic) bond motifs is 3. The van der Waals surface area contributed by atoms with E-state index in [9.17, 15) is 0 Å². The van der Waals surface area contributed by atoms with Crippen molar-refractivity contribution in [3.05, 3.63) is 276 Å². The van der Waals surface area contributed by atoms with Gasteiger partial charge in [-0.2, -0.15) is 0 Å². The SMILES string of the molecule is C=C(Cc1ccc(N(c2ccc(-c3ccccc3)cc2)c2cccc3c2-c2ccccc2C3(c2ccccc2)c2ccccc2)cc1)c1ccccc1-c1ccccc1C. The Hall–Kier alpha value is -7.48. The molecule has 0 aromatic heterocycles. The zero-order valence-corrected chi connectivity index (χ0v) is 33.8. The third-order valence-electron chi connectivity index (χ3n) is 12.3. The number of hydrogen-bond acceptors (Lipinski definition) is 1. The van der Waals surface area contributed by atoms with Crippen LogP contribution in [-0.4, -0.2) is 0 Å². The van der Waals surface area contributed by atoms with Crippen molar-refractivity contribution in [2.24, 2.45) is 0 Å². The molecule has 0 radical (unpaired) electrons. The van der Waals surface area contributed by atoms with E-state index in [4.69, 9.17) is 0 Å². The summed E-state index contributed by atoms with van der Waals surface area (Å²) in [6.45, 7) is 6.81. The van der Waals surface area contributed by atoms with Crippen molar-refractivity contribution in [1.29, 1.82) is 0 Å². The Balaban J connectivity index is 1.11. The Labute approximate surface area is 354 Å². The zero-order chi connectivity index (χ0) is 40.5. The number of hydrogen-bond donors (Lipinski definition) is 0. The fraction of sp³-hybridized carbons (Fsp3) is 0.0508. The normalized spacial score (nSPS) is 12.3. The summed E-state index contributed by atoms with van der Waals surface area (Å²) in [4.78, 5) is 2.45. The smallest absolute Gasteiger partial charge is 0.0714 e. The maximum atomic E-state index is 4.64. The first-order valence-corrected chi connectivity index (χ1v) is 20.8. The van der Waals surface area contributed by atoms with Crippen LogP contribution in [0.5, 0.6) is 0 Å². The van der Waals surface area contributed by atoms with E-state index < -0.39 is 5.41 Å². The second-order valence-electron chi connectivity index (χ2n) is 15.8. The fourth-order valence-electron chi connectivity index (χ4n) is 9.53. The molecule has 1 aliphatic rings. The molecule has 10 rings (SSSR count). The van der Waals surface area contributed by atoms with Gasteiger partial charge in [-0.05, 0) is 116 Å². The van der Waals surface area contributed by atoms with Crippen molar-refractivity contribution in [1.82, 2.24) is 0 Å². The quantitative estimate of drug-likeness (QED) is 0.134. The molecule has 0 saturated heterocycles. The third kappa shape index (κ3) is 6.36. The van der Waals surface area contributed by atoms with Crippen LogP contribution in [0.3, 0.4) is 0 Å². The summed E-state index contributed by atoms with van der Waals surface area (Å²) in [7, 11) is 0. The molecule has 1 heteroatoms. The van der Waals surface area contributed by atoms with Crippen LogP contribution >= 0.6 is 0 Å². The van der Waals surface area contributed by atoms with E-state index in [1.54, 1.807) is 0 Å². The molecule has 0 N–H and O–H groups in total. The number of anilines is 3. The van der Waals surface area contributed by atoms with Crippen molar-refractivity contribution < 1.29 is 0 Å². The molecule has 1 aliphatic carbocycles. The highest BCUT2D eigenvalue weighted by Gasteiger charge is 2.47. The Kier molecular flexibility index (Phi) is 9.64. The summed E-state index contributed by atoms with van der Waals surface area (Å²) in [5.74, 6) is 0. The zero-order valence-electron chi connectivity index (χ0n) is 33.8. The molecule has 1 nitrogen and oxygen atoms in total. The largest absolute Gasteiger partial charge is 0.310 e. The summed E-state index contributed by atoms with van der Waals surface area (Å²) in [6, 6.07) is 84.0. The predicted molar refractivity (Wildman–Crippen MR) is 253 cm³/mol. The molecule has 0 saturated carbocycles. The molecule has 9 aromatic rings. The minimum absolute atomic E-state index is 0.494. The first-order chi connectivity index (χ1) is 29.6. The Morgan fingerprint density at radius 3 is 1.58 bits per heavy atom. The van der Waals surface area contributed by atoms with Crippen molar-refractivity contribution in [2.75, 3.05) is 4.90 Å². The molecular weight excluding hydrogens is 723 g/mol. The first kappa shape index (κ1) is 36.8. The number of aryl methyl sites for hydroxylation is 1. The van der Waals surface area contributed by atoms with Crippen LogP contribution < -0.4 is 4.90 Å². The van der Waals surface area contributed by atoms with E-state index in [0.29, 0.717) is 0 Å². The van der Waals surface area contributed by atoms with Gasteiger partial charge in [0.15, 0.2) is 0 Å². The van der Waals surface area contributed by atoms with Gasteiger partial charge in [-0.3, -0.25) is 0 Å². The van der Waals surface area contributed by atoms with Crippen LogP contribution in [0, 0.1) is 6.92 Å².